The minimum absolute atomic E-state index is 0.419. The van der Waals surface area contributed by atoms with E-state index in [1.165, 1.54) is 0 Å². The molecule has 1 aromatic carbocycles. The first-order chi connectivity index (χ1) is 9.66. The Morgan fingerprint density at radius 1 is 1.30 bits per heavy atom. The largest absolute Gasteiger partial charge is 0.463 e. The normalized spacial score (nSPS) is 17.6. The first-order valence-electron chi connectivity index (χ1n) is 6.72. The molecule has 2 rings (SSSR count). The molecule has 0 aliphatic carbocycles. The summed E-state index contributed by atoms with van der Waals surface area (Å²) >= 11 is 0. The number of carboxylic acid groups (broad SMARTS) is 1. The second-order valence-electron chi connectivity index (χ2n) is 4.88. The lowest BCUT2D eigenvalue weighted by atomic mass is 10.1. The highest BCUT2D eigenvalue weighted by molar-refractivity contribution is 5.63. The smallest absolute Gasteiger partial charge is 0.431 e. The summed E-state index contributed by atoms with van der Waals surface area (Å²) in [7, 11) is 0. The van der Waals surface area contributed by atoms with E-state index >= 15 is 0 Å². The lowest BCUT2D eigenvalue weighted by molar-refractivity contribution is -0.106. The van der Waals surface area contributed by atoms with Gasteiger partial charge in [0.05, 0.1) is 19.3 Å². The van der Waals surface area contributed by atoms with Crippen LogP contribution < -0.4 is 0 Å². The van der Waals surface area contributed by atoms with Crippen molar-refractivity contribution in [3.63, 3.8) is 0 Å². The molecule has 110 valence electrons. The molecule has 1 heterocycles. The molecule has 1 unspecified atom stereocenters. The summed E-state index contributed by atoms with van der Waals surface area (Å²) in [4.78, 5) is 13.1. The monoisotopic (exact) mass is 280 g/mol. The number of rotatable bonds is 5. The lowest BCUT2D eigenvalue weighted by Gasteiger charge is -2.32. The Morgan fingerprint density at radius 3 is 2.55 bits per heavy atom. The first-order valence-corrected chi connectivity index (χ1v) is 6.72. The molecule has 1 atom stereocenters. The van der Waals surface area contributed by atoms with Crippen LogP contribution in [0, 0.1) is 0 Å². The van der Waals surface area contributed by atoms with Gasteiger partial charge >= 0.3 is 6.09 Å². The van der Waals surface area contributed by atoms with Crippen LogP contribution in [0.1, 0.15) is 5.56 Å². The van der Waals surface area contributed by atoms with Crippen molar-refractivity contribution in [2.24, 2.45) is 0 Å². The van der Waals surface area contributed by atoms with E-state index < -0.39 is 12.1 Å². The fourth-order valence-corrected chi connectivity index (χ4v) is 2.35. The molecule has 0 bridgehead atoms. The lowest BCUT2D eigenvalue weighted by Crippen LogP contribution is -2.48. The van der Waals surface area contributed by atoms with Gasteiger partial charge < -0.3 is 9.84 Å². The SMILES string of the molecule is O=C(O)N(O)C(Cc1ccccc1)CN1CCOCC1. The van der Waals surface area contributed by atoms with Crippen LogP contribution >= 0.6 is 0 Å². The van der Waals surface area contributed by atoms with Crippen LogP contribution in [0.4, 0.5) is 4.79 Å². The van der Waals surface area contributed by atoms with Crippen LogP contribution in [0.15, 0.2) is 30.3 Å². The maximum Gasteiger partial charge on any atom is 0.431 e. The van der Waals surface area contributed by atoms with Gasteiger partial charge in [0.1, 0.15) is 0 Å². The fraction of sp³-hybridized carbons (Fsp3) is 0.500. The number of nitrogens with zero attached hydrogens (tertiary/aromatic N) is 2. The molecule has 1 aliphatic rings. The highest BCUT2D eigenvalue weighted by Gasteiger charge is 2.25. The second kappa shape index (κ2) is 7.23. The van der Waals surface area contributed by atoms with E-state index in [0.717, 1.165) is 18.7 Å². The quantitative estimate of drug-likeness (QED) is 0.628. The Morgan fingerprint density at radius 2 is 1.95 bits per heavy atom. The molecule has 6 heteroatoms. The van der Waals surface area contributed by atoms with E-state index in [1.807, 2.05) is 30.3 Å². The minimum Gasteiger partial charge on any atom is -0.463 e. The molecule has 0 saturated carbocycles. The molecule has 20 heavy (non-hydrogen) atoms. The van der Waals surface area contributed by atoms with Gasteiger partial charge in [0.25, 0.3) is 0 Å². The zero-order valence-corrected chi connectivity index (χ0v) is 11.3. The van der Waals surface area contributed by atoms with Crippen molar-refractivity contribution in [2.75, 3.05) is 32.8 Å². The maximum atomic E-state index is 11.0. The van der Waals surface area contributed by atoms with Gasteiger partial charge in [0, 0.05) is 19.6 Å². The van der Waals surface area contributed by atoms with E-state index in [1.54, 1.807) is 0 Å². The number of morpholine rings is 1. The Bertz CT molecular complexity index is 420. The second-order valence-corrected chi connectivity index (χ2v) is 4.88. The van der Waals surface area contributed by atoms with Gasteiger partial charge in [-0.15, -0.1) is 0 Å². The third kappa shape index (κ3) is 4.19. The number of hydrogen-bond acceptors (Lipinski definition) is 4. The van der Waals surface area contributed by atoms with Gasteiger partial charge in [-0.05, 0) is 12.0 Å². The molecule has 0 aromatic heterocycles. The van der Waals surface area contributed by atoms with Crippen LogP contribution in [0.3, 0.4) is 0 Å². The number of hydroxylamine groups is 2. The zero-order chi connectivity index (χ0) is 14.4. The predicted molar refractivity (Wildman–Crippen MR) is 72.8 cm³/mol. The Kier molecular flexibility index (Phi) is 5.34. The van der Waals surface area contributed by atoms with Gasteiger partial charge in [-0.3, -0.25) is 10.1 Å². The van der Waals surface area contributed by atoms with Crippen molar-refractivity contribution in [1.29, 1.82) is 0 Å². The van der Waals surface area contributed by atoms with Crippen molar-refractivity contribution in [2.45, 2.75) is 12.5 Å². The van der Waals surface area contributed by atoms with Gasteiger partial charge in [0.15, 0.2) is 0 Å². The molecular weight excluding hydrogens is 260 g/mol. The summed E-state index contributed by atoms with van der Waals surface area (Å²) in [6.07, 6.45) is -0.833. The van der Waals surface area contributed by atoms with Crippen molar-refractivity contribution in [3.05, 3.63) is 35.9 Å². The fourth-order valence-electron chi connectivity index (χ4n) is 2.35. The number of ether oxygens (including phenoxy) is 1. The van der Waals surface area contributed by atoms with E-state index in [-0.39, 0.29) is 0 Å². The van der Waals surface area contributed by atoms with Gasteiger partial charge in [0.2, 0.25) is 0 Å². The third-order valence-corrected chi connectivity index (χ3v) is 3.43. The number of hydrogen-bond donors (Lipinski definition) is 2. The molecule has 1 saturated heterocycles. The Hall–Kier alpha value is -1.63. The van der Waals surface area contributed by atoms with Crippen LogP contribution in [-0.2, 0) is 11.2 Å². The van der Waals surface area contributed by atoms with Crippen LogP contribution in [0.5, 0.6) is 0 Å². The molecular formula is C14H20N2O4. The molecule has 1 aliphatic heterocycles. The van der Waals surface area contributed by atoms with Gasteiger partial charge in [-0.1, -0.05) is 30.3 Å². The summed E-state index contributed by atoms with van der Waals surface area (Å²) in [5, 5.41) is 19.2. The van der Waals surface area contributed by atoms with E-state index in [2.05, 4.69) is 4.90 Å². The van der Waals surface area contributed by atoms with Crippen LogP contribution in [0.2, 0.25) is 0 Å². The minimum atomic E-state index is -1.32. The summed E-state index contributed by atoms with van der Waals surface area (Å²) in [5.74, 6) is 0. The number of amides is 1. The first kappa shape index (κ1) is 14.8. The van der Waals surface area contributed by atoms with Crippen molar-refractivity contribution in [3.8, 4) is 0 Å². The highest BCUT2D eigenvalue weighted by atomic mass is 16.6. The average molecular weight is 280 g/mol. The van der Waals surface area contributed by atoms with E-state index in [0.29, 0.717) is 31.2 Å². The molecule has 0 spiro atoms. The van der Waals surface area contributed by atoms with Crippen LogP contribution in [0.25, 0.3) is 0 Å². The summed E-state index contributed by atoms with van der Waals surface area (Å²) < 4.78 is 5.27. The molecule has 0 radical (unpaired) electrons. The topological polar surface area (TPSA) is 73.2 Å². The Balaban J connectivity index is 2.01. The predicted octanol–water partition coefficient (Wildman–Crippen LogP) is 1.30. The molecule has 1 amide bonds. The number of benzene rings is 1. The summed E-state index contributed by atoms with van der Waals surface area (Å²) in [6.45, 7) is 3.33. The van der Waals surface area contributed by atoms with Crippen molar-refractivity contribution in [1.82, 2.24) is 9.96 Å². The highest BCUT2D eigenvalue weighted by Crippen LogP contribution is 2.11. The van der Waals surface area contributed by atoms with E-state index in [9.17, 15) is 10.0 Å². The van der Waals surface area contributed by atoms with Crippen molar-refractivity contribution >= 4 is 6.09 Å². The van der Waals surface area contributed by atoms with Crippen LogP contribution in [-0.4, -0.2) is 65.3 Å². The van der Waals surface area contributed by atoms with Crippen molar-refractivity contribution < 1.29 is 19.8 Å². The third-order valence-electron chi connectivity index (χ3n) is 3.43. The van der Waals surface area contributed by atoms with Gasteiger partial charge in [-0.2, -0.15) is 5.06 Å². The average Bonchev–Trinajstić information content (AvgIpc) is 2.48. The van der Waals surface area contributed by atoms with Gasteiger partial charge in [-0.25, -0.2) is 4.79 Å². The standard InChI is InChI=1S/C14H20N2O4/c17-14(18)16(19)13(10-12-4-2-1-3-5-12)11-15-6-8-20-9-7-15/h1-5,13,19H,6-11H2,(H,17,18). The summed E-state index contributed by atoms with van der Waals surface area (Å²) in [5.41, 5.74) is 1.01. The number of carbonyl (C=O) groups is 1. The maximum absolute atomic E-state index is 11.0. The Labute approximate surface area is 118 Å². The molecule has 1 aromatic rings. The molecule has 6 nitrogen and oxygen atoms in total. The molecule has 2 N–H and O–H groups in total. The molecule has 1 fully saturated rings. The zero-order valence-electron chi connectivity index (χ0n) is 11.3. The van der Waals surface area contributed by atoms with E-state index in [4.69, 9.17) is 9.84 Å². The summed E-state index contributed by atoms with van der Waals surface area (Å²) in [6, 6.07) is 9.11.